The van der Waals surface area contributed by atoms with Gasteiger partial charge in [-0.2, -0.15) is 4.98 Å². The maximum Gasteiger partial charge on any atom is 0.324 e. The molecule has 6 heteroatoms. The second-order valence-corrected chi connectivity index (χ2v) is 9.57. The molecular weight excluding hydrogens is 328 g/mol. The normalized spacial score (nSPS) is 36.2. The summed E-state index contributed by atoms with van der Waals surface area (Å²) in [6.45, 7) is 7.27. The summed E-state index contributed by atoms with van der Waals surface area (Å²) >= 11 is 0. The summed E-state index contributed by atoms with van der Waals surface area (Å²) < 4.78 is 5.42. The summed E-state index contributed by atoms with van der Waals surface area (Å²) in [7, 11) is 0. The van der Waals surface area contributed by atoms with Gasteiger partial charge in [-0.05, 0) is 56.3 Å². The lowest BCUT2D eigenvalue weighted by atomic mass is 9.49. The third-order valence-corrected chi connectivity index (χ3v) is 7.28. The summed E-state index contributed by atoms with van der Waals surface area (Å²) in [6.07, 6.45) is 7.61. The van der Waals surface area contributed by atoms with Crippen molar-refractivity contribution < 1.29 is 9.32 Å². The van der Waals surface area contributed by atoms with E-state index in [0.717, 1.165) is 69.0 Å². The van der Waals surface area contributed by atoms with E-state index in [9.17, 15) is 4.79 Å². The Morgan fingerprint density at radius 1 is 1.04 bits per heavy atom. The molecule has 1 amide bonds. The van der Waals surface area contributed by atoms with Gasteiger partial charge in [-0.25, -0.2) is 0 Å². The maximum absolute atomic E-state index is 13.4. The molecule has 0 spiro atoms. The van der Waals surface area contributed by atoms with Crippen LogP contribution in [0.5, 0.6) is 0 Å². The Hall–Kier alpha value is -1.59. The molecule has 4 bridgehead atoms. The Bertz CT molecular complexity index is 654. The van der Waals surface area contributed by atoms with E-state index in [0.29, 0.717) is 11.9 Å². The lowest BCUT2D eigenvalue weighted by Gasteiger charge is -2.57. The van der Waals surface area contributed by atoms with Crippen molar-refractivity contribution in [2.75, 3.05) is 31.1 Å². The molecule has 26 heavy (non-hydrogen) atoms. The quantitative estimate of drug-likeness (QED) is 0.831. The van der Waals surface area contributed by atoms with Crippen molar-refractivity contribution in [3.05, 3.63) is 5.82 Å². The molecule has 0 N–H and O–H groups in total. The fourth-order valence-corrected chi connectivity index (χ4v) is 6.40. The molecule has 6 rings (SSSR count). The van der Waals surface area contributed by atoms with Gasteiger partial charge in [-0.3, -0.25) is 4.79 Å². The van der Waals surface area contributed by atoms with Crippen LogP contribution >= 0.6 is 0 Å². The van der Waals surface area contributed by atoms with Crippen molar-refractivity contribution in [2.45, 2.75) is 58.3 Å². The van der Waals surface area contributed by atoms with Gasteiger partial charge in [0.25, 0.3) is 0 Å². The first-order valence-corrected chi connectivity index (χ1v) is 10.4. The summed E-state index contributed by atoms with van der Waals surface area (Å²) in [5.41, 5.74) is -0.0216. The maximum atomic E-state index is 13.4. The first-order chi connectivity index (χ1) is 12.5. The highest BCUT2D eigenvalue weighted by atomic mass is 16.5. The topological polar surface area (TPSA) is 62.5 Å². The Balaban J connectivity index is 1.25. The van der Waals surface area contributed by atoms with E-state index >= 15 is 0 Å². The zero-order valence-electron chi connectivity index (χ0n) is 16.0. The van der Waals surface area contributed by atoms with E-state index < -0.39 is 0 Å². The molecule has 1 aromatic heterocycles. The summed E-state index contributed by atoms with van der Waals surface area (Å²) in [5, 5.41) is 4.06. The van der Waals surface area contributed by atoms with Gasteiger partial charge in [0.05, 0.1) is 5.41 Å². The van der Waals surface area contributed by atoms with Crippen LogP contribution in [0.4, 0.5) is 6.01 Å². The van der Waals surface area contributed by atoms with Gasteiger partial charge in [0, 0.05) is 32.1 Å². The lowest BCUT2D eigenvalue weighted by molar-refractivity contribution is -0.158. The number of nitrogens with zero attached hydrogens (tertiary/aromatic N) is 4. The van der Waals surface area contributed by atoms with E-state index in [1.54, 1.807) is 0 Å². The number of carbonyl (C=O) groups is 1. The van der Waals surface area contributed by atoms with Crippen LogP contribution in [-0.4, -0.2) is 47.1 Å². The van der Waals surface area contributed by atoms with Gasteiger partial charge in [0.1, 0.15) is 0 Å². The monoisotopic (exact) mass is 358 g/mol. The number of aromatic nitrogens is 2. The van der Waals surface area contributed by atoms with Crippen molar-refractivity contribution in [1.29, 1.82) is 0 Å². The lowest BCUT2D eigenvalue weighted by Crippen LogP contribution is -2.58. The van der Waals surface area contributed by atoms with Crippen molar-refractivity contribution in [3.63, 3.8) is 0 Å². The molecular formula is C20H30N4O2. The van der Waals surface area contributed by atoms with E-state index in [1.807, 2.05) is 0 Å². The molecule has 0 radical (unpaired) electrons. The van der Waals surface area contributed by atoms with Gasteiger partial charge < -0.3 is 14.3 Å². The van der Waals surface area contributed by atoms with Crippen LogP contribution in [0.2, 0.25) is 0 Å². The fourth-order valence-electron chi connectivity index (χ4n) is 6.40. The predicted molar refractivity (Wildman–Crippen MR) is 97.8 cm³/mol. The van der Waals surface area contributed by atoms with Crippen molar-refractivity contribution in [1.82, 2.24) is 15.0 Å². The van der Waals surface area contributed by atoms with Gasteiger partial charge in [-0.1, -0.05) is 19.0 Å². The third-order valence-electron chi connectivity index (χ3n) is 7.28. The van der Waals surface area contributed by atoms with E-state index in [1.165, 1.54) is 19.3 Å². The van der Waals surface area contributed by atoms with Crippen LogP contribution in [0, 0.1) is 23.2 Å². The second kappa shape index (κ2) is 5.96. The van der Waals surface area contributed by atoms with Gasteiger partial charge in [0.15, 0.2) is 5.82 Å². The van der Waals surface area contributed by atoms with E-state index in [-0.39, 0.29) is 11.3 Å². The molecule has 5 aliphatic rings. The number of rotatable bonds is 3. The number of anilines is 1. The minimum atomic E-state index is -0.0216. The molecule has 6 nitrogen and oxygen atoms in total. The van der Waals surface area contributed by atoms with Crippen LogP contribution in [0.25, 0.3) is 0 Å². The minimum Gasteiger partial charge on any atom is -0.339 e. The standard InChI is InChI=1S/C20H30N4O2/c1-13(2)17-21-19(26-22-17)24-5-3-23(4-6-24)18(25)20-10-14-7-15(11-20)9-16(8-14)12-20/h13-16H,3-12H2,1-2H3. The van der Waals surface area contributed by atoms with Crippen molar-refractivity contribution in [3.8, 4) is 0 Å². The SMILES string of the molecule is CC(C)c1noc(N2CCN(C(=O)C34CC5CC(CC(C5)C3)C4)CC2)n1. The molecule has 0 unspecified atom stereocenters. The molecule has 142 valence electrons. The average molecular weight is 358 g/mol. The molecule has 1 aromatic rings. The highest BCUT2D eigenvalue weighted by molar-refractivity contribution is 5.83. The van der Waals surface area contributed by atoms with Crippen LogP contribution in [-0.2, 0) is 4.79 Å². The Kier molecular flexibility index (Phi) is 3.80. The number of hydrogen-bond donors (Lipinski definition) is 0. The summed E-state index contributed by atoms with van der Waals surface area (Å²) in [5.74, 6) is 3.93. The van der Waals surface area contributed by atoms with Crippen LogP contribution in [0.15, 0.2) is 4.52 Å². The molecule has 4 aliphatic carbocycles. The molecule has 2 heterocycles. The average Bonchev–Trinajstić information content (AvgIpc) is 3.10. The molecule has 4 saturated carbocycles. The predicted octanol–water partition coefficient (Wildman–Crippen LogP) is 3.06. The van der Waals surface area contributed by atoms with E-state index in [4.69, 9.17) is 4.52 Å². The summed E-state index contributed by atoms with van der Waals surface area (Å²) in [4.78, 5) is 22.2. The first-order valence-electron chi connectivity index (χ1n) is 10.4. The van der Waals surface area contributed by atoms with Crippen LogP contribution < -0.4 is 4.90 Å². The smallest absolute Gasteiger partial charge is 0.324 e. The Labute approximate surface area is 155 Å². The number of carbonyl (C=O) groups excluding carboxylic acids is 1. The van der Waals surface area contributed by atoms with Crippen molar-refractivity contribution in [2.24, 2.45) is 23.2 Å². The van der Waals surface area contributed by atoms with E-state index in [2.05, 4.69) is 33.8 Å². The minimum absolute atomic E-state index is 0.0216. The van der Waals surface area contributed by atoms with Crippen LogP contribution in [0.1, 0.15) is 64.1 Å². The zero-order chi connectivity index (χ0) is 17.9. The number of amides is 1. The zero-order valence-corrected chi connectivity index (χ0v) is 16.0. The number of piperazine rings is 1. The molecule has 1 saturated heterocycles. The number of hydrogen-bond acceptors (Lipinski definition) is 5. The first kappa shape index (κ1) is 16.6. The molecule has 0 atom stereocenters. The van der Waals surface area contributed by atoms with Crippen molar-refractivity contribution >= 4 is 11.9 Å². The van der Waals surface area contributed by atoms with Crippen LogP contribution in [0.3, 0.4) is 0 Å². The third kappa shape index (κ3) is 2.64. The fraction of sp³-hybridized carbons (Fsp3) is 0.850. The molecule has 1 aliphatic heterocycles. The largest absolute Gasteiger partial charge is 0.339 e. The highest BCUT2D eigenvalue weighted by Gasteiger charge is 2.55. The van der Waals surface area contributed by atoms with Gasteiger partial charge in [0.2, 0.25) is 5.91 Å². The van der Waals surface area contributed by atoms with Gasteiger partial charge in [-0.15, -0.1) is 0 Å². The second-order valence-electron chi connectivity index (χ2n) is 9.57. The Morgan fingerprint density at radius 2 is 1.62 bits per heavy atom. The Morgan fingerprint density at radius 3 is 2.12 bits per heavy atom. The molecule has 0 aromatic carbocycles. The molecule has 5 fully saturated rings. The van der Waals surface area contributed by atoms with Gasteiger partial charge >= 0.3 is 6.01 Å². The summed E-state index contributed by atoms with van der Waals surface area (Å²) in [6, 6.07) is 0.607. The highest BCUT2D eigenvalue weighted by Crippen LogP contribution is 2.60.